The van der Waals surface area contributed by atoms with E-state index < -0.39 is 5.97 Å². The van der Waals surface area contributed by atoms with Crippen molar-refractivity contribution < 1.29 is 14.7 Å². The number of aromatic nitrogens is 3. The number of aliphatic carboxylic acids is 1. The Hall–Kier alpha value is -2.57. The molecule has 128 valence electrons. The summed E-state index contributed by atoms with van der Waals surface area (Å²) >= 11 is 0. The van der Waals surface area contributed by atoms with Crippen LogP contribution in [0.4, 0.5) is 0 Å². The third kappa shape index (κ3) is 2.81. The Labute approximate surface area is 140 Å². The molecule has 2 N–H and O–H groups in total. The molecule has 0 unspecified atom stereocenters. The van der Waals surface area contributed by atoms with Gasteiger partial charge in [0.25, 0.3) is 5.91 Å². The minimum Gasteiger partial charge on any atom is -0.481 e. The Balaban J connectivity index is 1.84. The smallest absolute Gasteiger partial charge is 0.306 e. The Bertz CT molecular complexity index is 770. The Morgan fingerprint density at radius 1 is 1.25 bits per heavy atom. The standard InChI is InChI=1S/C17H22N4O3/c1-10-4-5-11(2)21(10)16-14(9-18-20(16)3)15(22)19-13-7-6-12(8-13)17(23)24/h4-5,9,12-13H,6-8H2,1-3H3,(H,19,22)(H,23,24)/t12-,13+/m0/s1. The van der Waals surface area contributed by atoms with E-state index in [1.807, 2.05) is 30.5 Å². The van der Waals surface area contributed by atoms with E-state index in [1.165, 1.54) is 0 Å². The van der Waals surface area contributed by atoms with Crippen LogP contribution in [0.1, 0.15) is 41.0 Å². The van der Waals surface area contributed by atoms with Crippen molar-refractivity contribution in [2.24, 2.45) is 13.0 Å². The summed E-state index contributed by atoms with van der Waals surface area (Å²) in [7, 11) is 1.81. The van der Waals surface area contributed by atoms with E-state index in [4.69, 9.17) is 5.11 Å². The molecule has 0 radical (unpaired) electrons. The van der Waals surface area contributed by atoms with Crippen LogP contribution in [0.3, 0.4) is 0 Å². The number of nitrogens with one attached hydrogen (secondary N) is 1. The number of hydrogen-bond donors (Lipinski definition) is 2. The van der Waals surface area contributed by atoms with E-state index in [0.717, 1.165) is 17.2 Å². The summed E-state index contributed by atoms with van der Waals surface area (Å²) in [6.07, 6.45) is 3.35. The SMILES string of the molecule is Cc1ccc(C)n1-c1c(C(=O)N[C@@H]2CC[C@H](C(=O)O)C2)cnn1C. The molecular formula is C17H22N4O3. The maximum atomic E-state index is 12.7. The molecule has 0 aromatic carbocycles. The molecule has 2 heterocycles. The van der Waals surface area contributed by atoms with Crippen LogP contribution in [-0.4, -0.2) is 37.4 Å². The van der Waals surface area contributed by atoms with Gasteiger partial charge in [0.15, 0.2) is 0 Å². The lowest BCUT2D eigenvalue weighted by atomic mass is 10.1. The normalized spacial score (nSPS) is 20.3. The summed E-state index contributed by atoms with van der Waals surface area (Å²) in [5.41, 5.74) is 2.55. The van der Waals surface area contributed by atoms with Gasteiger partial charge < -0.3 is 15.0 Å². The summed E-state index contributed by atoms with van der Waals surface area (Å²) in [5, 5.41) is 16.3. The zero-order valence-corrected chi connectivity index (χ0v) is 14.1. The highest BCUT2D eigenvalue weighted by molar-refractivity contribution is 5.97. The first-order valence-electron chi connectivity index (χ1n) is 8.09. The second kappa shape index (κ2) is 6.14. The van der Waals surface area contributed by atoms with Crippen molar-refractivity contribution in [2.45, 2.75) is 39.2 Å². The van der Waals surface area contributed by atoms with E-state index in [2.05, 4.69) is 10.4 Å². The summed E-state index contributed by atoms with van der Waals surface area (Å²) in [4.78, 5) is 23.8. The fraction of sp³-hybridized carbons (Fsp3) is 0.471. The second-order valence-electron chi connectivity index (χ2n) is 6.48. The van der Waals surface area contributed by atoms with Crippen LogP contribution >= 0.6 is 0 Å². The molecule has 1 aliphatic rings. The van der Waals surface area contributed by atoms with Crippen LogP contribution in [0.15, 0.2) is 18.3 Å². The van der Waals surface area contributed by atoms with Crippen LogP contribution < -0.4 is 5.32 Å². The minimum absolute atomic E-state index is 0.0986. The lowest BCUT2D eigenvalue weighted by molar-refractivity contribution is -0.141. The van der Waals surface area contributed by atoms with Gasteiger partial charge in [-0.25, -0.2) is 0 Å². The number of nitrogens with zero attached hydrogens (tertiary/aromatic N) is 3. The quantitative estimate of drug-likeness (QED) is 0.895. The van der Waals surface area contributed by atoms with Gasteiger partial charge in [0.05, 0.1) is 12.1 Å². The highest BCUT2D eigenvalue weighted by Crippen LogP contribution is 2.26. The van der Waals surface area contributed by atoms with Crippen molar-refractivity contribution >= 4 is 11.9 Å². The largest absolute Gasteiger partial charge is 0.481 e. The summed E-state index contributed by atoms with van der Waals surface area (Å²) in [6, 6.07) is 3.90. The number of aryl methyl sites for hydroxylation is 3. The van der Waals surface area contributed by atoms with Gasteiger partial charge in [-0.15, -0.1) is 0 Å². The molecule has 7 nitrogen and oxygen atoms in total. The van der Waals surface area contributed by atoms with Crippen LogP contribution in [0, 0.1) is 19.8 Å². The zero-order valence-electron chi connectivity index (χ0n) is 14.1. The molecular weight excluding hydrogens is 308 g/mol. The number of carbonyl (C=O) groups excluding carboxylic acids is 1. The Morgan fingerprint density at radius 3 is 2.50 bits per heavy atom. The summed E-state index contributed by atoms with van der Waals surface area (Å²) in [6.45, 7) is 3.96. The summed E-state index contributed by atoms with van der Waals surface area (Å²) < 4.78 is 3.68. The lowest BCUT2D eigenvalue weighted by Crippen LogP contribution is -2.34. The Kier molecular flexibility index (Phi) is 4.17. The summed E-state index contributed by atoms with van der Waals surface area (Å²) in [5.74, 6) is -0.632. The number of carboxylic acid groups (broad SMARTS) is 1. The molecule has 24 heavy (non-hydrogen) atoms. The molecule has 2 atom stereocenters. The first-order valence-corrected chi connectivity index (χ1v) is 8.09. The third-order valence-electron chi connectivity index (χ3n) is 4.75. The third-order valence-corrected chi connectivity index (χ3v) is 4.75. The average molecular weight is 330 g/mol. The van der Waals surface area contributed by atoms with Crippen LogP contribution in [0.25, 0.3) is 5.82 Å². The molecule has 2 aromatic heterocycles. The maximum Gasteiger partial charge on any atom is 0.306 e. The van der Waals surface area contributed by atoms with E-state index in [9.17, 15) is 9.59 Å². The predicted octanol–water partition coefficient (Wildman–Crippen LogP) is 1.81. The Morgan fingerprint density at radius 2 is 1.92 bits per heavy atom. The second-order valence-corrected chi connectivity index (χ2v) is 6.48. The maximum absolute atomic E-state index is 12.7. The molecule has 1 fully saturated rings. The molecule has 1 aliphatic carbocycles. The molecule has 2 aromatic rings. The molecule has 0 spiro atoms. The molecule has 3 rings (SSSR count). The topological polar surface area (TPSA) is 89.2 Å². The van der Waals surface area contributed by atoms with Crippen molar-refractivity contribution in [3.8, 4) is 5.82 Å². The number of hydrogen-bond acceptors (Lipinski definition) is 3. The first-order chi connectivity index (χ1) is 11.4. The highest BCUT2D eigenvalue weighted by Gasteiger charge is 2.31. The number of rotatable bonds is 4. The molecule has 0 saturated heterocycles. The van der Waals surface area contributed by atoms with Crippen molar-refractivity contribution in [1.82, 2.24) is 19.7 Å². The van der Waals surface area contributed by atoms with Crippen LogP contribution in [-0.2, 0) is 11.8 Å². The van der Waals surface area contributed by atoms with Crippen molar-refractivity contribution in [3.05, 3.63) is 35.3 Å². The van der Waals surface area contributed by atoms with E-state index >= 15 is 0 Å². The van der Waals surface area contributed by atoms with Gasteiger partial charge in [-0.3, -0.25) is 14.3 Å². The van der Waals surface area contributed by atoms with Gasteiger partial charge in [0, 0.05) is 24.5 Å². The minimum atomic E-state index is -0.785. The van der Waals surface area contributed by atoms with Gasteiger partial charge in [-0.1, -0.05) is 0 Å². The average Bonchev–Trinajstić information content (AvgIpc) is 3.20. The van der Waals surface area contributed by atoms with Gasteiger partial charge >= 0.3 is 5.97 Å². The molecule has 7 heteroatoms. The van der Waals surface area contributed by atoms with Crippen molar-refractivity contribution in [3.63, 3.8) is 0 Å². The first kappa shape index (κ1) is 16.3. The lowest BCUT2D eigenvalue weighted by Gasteiger charge is -2.15. The molecule has 1 saturated carbocycles. The molecule has 0 bridgehead atoms. The van der Waals surface area contributed by atoms with E-state index in [0.29, 0.717) is 24.8 Å². The van der Waals surface area contributed by atoms with Crippen molar-refractivity contribution in [2.75, 3.05) is 0 Å². The van der Waals surface area contributed by atoms with E-state index in [1.54, 1.807) is 17.9 Å². The molecule has 1 amide bonds. The molecule has 0 aliphatic heterocycles. The van der Waals surface area contributed by atoms with Crippen LogP contribution in [0.2, 0.25) is 0 Å². The van der Waals surface area contributed by atoms with Gasteiger partial charge in [0.1, 0.15) is 11.4 Å². The zero-order chi connectivity index (χ0) is 17.4. The monoisotopic (exact) mass is 330 g/mol. The van der Waals surface area contributed by atoms with Gasteiger partial charge in [-0.2, -0.15) is 5.10 Å². The van der Waals surface area contributed by atoms with Crippen LogP contribution in [0.5, 0.6) is 0 Å². The van der Waals surface area contributed by atoms with Gasteiger partial charge in [-0.05, 0) is 45.2 Å². The number of carboxylic acids is 1. The van der Waals surface area contributed by atoms with Gasteiger partial charge in [0.2, 0.25) is 0 Å². The number of carbonyl (C=O) groups is 2. The fourth-order valence-corrected chi connectivity index (χ4v) is 3.46. The van der Waals surface area contributed by atoms with E-state index in [-0.39, 0.29) is 17.9 Å². The van der Waals surface area contributed by atoms with Crippen molar-refractivity contribution in [1.29, 1.82) is 0 Å². The highest BCUT2D eigenvalue weighted by atomic mass is 16.4. The fourth-order valence-electron chi connectivity index (χ4n) is 3.46. The predicted molar refractivity (Wildman–Crippen MR) is 88.2 cm³/mol. The number of amides is 1.